The standard InChI is InChI=1S/C14H17IN2S/c1-17(9-11-6-7-18-10-11)14(8-16)12-2-4-13(15)5-3-12/h2-7,10,14H,8-9,16H2,1H3. The van der Waals surface area contributed by atoms with Gasteiger partial charge in [-0.2, -0.15) is 11.3 Å². The van der Waals surface area contributed by atoms with Crippen LogP contribution in [0.1, 0.15) is 17.2 Å². The highest BCUT2D eigenvalue weighted by Crippen LogP contribution is 2.21. The van der Waals surface area contributed by atoms with Crippen molar-refractivity contribution in [3.8, 4) is 0 Å². The van der Waals surface area contributed by atoms with Crippen LogP contribution in [0.3, 0.4) is 0 Å². The number of nitrogens with two attached hydrogens (primary N) is 1. The fourth-order valence-corrected chi connectivity index (χ4v) is 3.06. The molecule has 0 fully saturated rings. The van der Waals surface area contributed by atoms with E-state index in [0.29, 0.717) is 6.54 Å². The zero-order valence-electron chi connectivity index (χ0n) is 10.3. The maximum Gasteiger partial charge on any atom is 0.0470 e. The van der Waals surface area contributed by atoms with Crippen LogP contribution < -0.4 is 5.73 Å². The third kappa shape index (κ3) is 3.54. The smallest absolute Gasteiger partial charge is 0.0470 e. The number of nitrogens with zero attached hydrogens (tertiary/aromatic N) is 1. The maximum absolute atomic E-state index is 5.93. The first kappa shape index (κ1) is 14.0. The summed E-state index contributed by atoms with van der Waals surface area (Å²) in [4.78, 5) is 2.31. The molecule has 0 aliphatic heterocycles. The topological polar surface area (TPSA) is 29.3 Å². The number of halogens is 1. The van der Waals surface area contributed by atoms with Crippen LogP contribution in [0, 0.1) is 3.57 Å². The van der Waals surface area contributed by atoms with Gasteiger partial charge in [-0.25, -0.2) is 0 Å². The van der Waals surface area contributed by atoms with Gasteiger partial charge in [0.15, 0.2) is 0 Å². The van der Waals surface area contributed by atoms with Gasteiger partial charge in [0.2, 0.25) is 0 Å². The second kappa shape index (κ2) is 6.65. The molecule has 0 saturated carbocycles. The summed E-state index contributed by atoms with van der Waals surface area (Å²) in [6.45, 7) is 1.58. The molecule has 2 aromatic rings. The Morgan fingerprint density at radius 1 is 1.28 bits per heavy atom. The van der Waals surface area contributed by atoms with Crippen molar-refractivity contribution in [2.45, 2.75) is 12.6 Å². The number of hydrogen-bond donors (Lipinski definition) is 1. The summed E-state index contributed by atoms with van der Waals surface area (Å²) < 4.78 is 1.26. The predicted molar refractivity (Wildman–Crippen MR) is 86.7 cm³/mol. The van der Waals surface area contributed by atoms with Gasteiger partial charge in [-0.3, -0.25) is 4.90 Å². The van der Waals surface area contributed by atoms with Gasteiger partial charge in [-0.15, -0.1) is 0 Å². The van der Waals surface area contributed by atoms with Crippen molar-refractivity contribution < 1.29 is 0 Å². The molecule has 1 atom stereocenters. The van der Waals surface area contributed by atoms with Gasteiger partial charge in [-0.1, -0.05) is 12.1 Å². The van der Waals surface area contributed by atoms with Crippen LogP contribution >= 0.6 is 33.9 Å². The molecule has 1 heterocycles. The van der Waals surface area contributed by atoms with E-state index in [9.17, 15) is 0 Å². The van der Waals surface area contributed by atoms with Crippen molar-refractivity contribution in [3.63, 3.8) is 0 Å². The van der Waals surface area contributed by atoms with Gasteiger partial charge >= 0.3 is 0 Å². The average molecular weight is 372 g/mol. The molecule has 0 aliphatic carbocycles. The van der Waals surface area contributed by atoms with Crippen LogP contribution in [0.5, 0.6) is 0 Å². The molecule has 2 rings (SSSR count). The van der Waals surface area contributed by atoms with Crippen molar-refractivity contribution in [1.82, 2.24) is 4.90 Å². The minimum Gasteiger partial charge on any atom is -0.329 e. The van der Waals surface area contributed by atoms with Crippen LogP contribution in [-0.2, 0) is 6.54 Å². The summed E-state index contributed by atoms with van der Waals surface area (Å²) >= 11 is 4.06. The van der Waals surface area contributed by atoms with Crippen LogP contribution in [0.25, 0.3) is 0 Å². The van der Waals surface area contributed by atoms with Crippen LogP contribution in [-0.4, -0.2) is 18.5 Å². The highest BCUT2D eigenvalue weighted by Gasteiger charge is 2.15. The second-order valence-electron chi connectivity index (χ2n) is 4.35. The highest BCUT2D eigenvalue weighted by molar-refractivity contribution is 14.1. The largest absolute Gasteiger partial charge is 0.329 e. The number of rotatable bonds is 5. The lowest BCUT2D eigenvalue weighted by molar-refractivity contribution is 0.242. The Bertz CT molecular complexity index is 467. The van der Waals surface area contributed by atoms with Gasteiger partial charge in [0, 0.05) is 22.7 Å². The lowest BCUT2D eigenvalue weighted by Crippen LogP contribution is -2.30. The van der Waals surface area contributed by atoms with E-state index in [0.717, 1.165) is 6.54 Å². The zero-order chi connectivity index (χ0) is 13.0. The second-order valence-corrected chi connectivity index (χ2v) is 6.38. The molecule has 2 nitrogen and oxygen atoms in total. The first-order valence-corrected chi connectivity index (χ1v) is 7.89. The number of benzene rings is 1. The Morgan fingerprint density at radius 2 is 2.00 bits per heavy atom. The summed E-state index contributed by atoms with van der Waals surface area (Å²) in [5, 5.41) is 4.31. The number of likely N-dealkylation sites (N-methyl/N-ethyl adjacent to an activating group) is 1. The fraction of sp³-hybridized carbons (Fsp3) is 0.286. The SMILES string of the molecule is CN(Cc1ccsc1)C(CN)c1ccc(I)cc1. The van der Waals surface area contributed by atoms with Crippen molar-refractivity contribution in [3.05, 3.63) is 55.8 Å². The third-order valence-corrected chi connectivity index (χ3v) is 4.47. The summed E-state index contributed by atoms with van der Waals surface area (Å²) in [6, 6.07) is 11.1. The van der Waals surface area contributed by atoms with E-state index in [1.807, 2.05) is 0 Å². The molecule has 18 heavy (non-hydrogen) atoms. The summed E-state index contributed by atoms with van der Waals surface area (Å²) in [6.07, 6.45) is 0. The van der Waals surface area contributed by atoms with E-state index < -0.39 is 0 Å². The van der Waals surface area contributed by atoms with Gasteiger partial charge in [0.25, 0.3) is 0 Å². The van der Waals surface area contributed by atoms with Crippen LogP contribution in [0.4, 0.5) is 0 Å². The van der Waals surface area contributed by atoms with Crippen molar-refractivity contribution in [2.24, 2.45) is 5.73 Å². The molecule has 0 spiro atoms. The first-order chi connectivity index (χ1) is 8.70. The summed E-state index contributed by atoms with van der Waals surface area (Å²) in [5.74, 6) is 0. The zero-order valence-corrected chi connectivity index (χ0v) is 13.3. The van der Waals surface area contributed by atoms with E-state index in [1.165, 1.54) is 14.7 Å². The van der Waals surface area contributed by atoms with Crippen molar-refractivity contribution in [2.75, 3.05) is 13.6 Å². The molecule has 4 heteroatoms. The first-order valence-electron chi connectivity index (χ1n) is 5.87. The number of hydrogen-bond acceptors (Lipinski definition) is 3. The minimum atomic E-state index is 0.280. The number of thiophene rings is 1. The lowest BCUT2D eigenvalue weighted by Gasteiger charge is -2.27. The molecule has 0 bridgehead atoms. The quantitative estimate of drug-likeness (QED) is 0.815. The van der Waals surface area contributed by atoms with E-state index in [4.69, 9.17) is 5.73 Å². The molecular weight excluding hydrogens is 355 g/mol. The van der Waals surface area contributed by atoms with E-state index in [2.05, 4.69) is 75.6 Å². The van der Waals surface area contributed by atoms with Gasteiger partial charge < -0.3 is 5.73 Å². The Kier molecular flexibility index (Phi) is 5.17. The molecule has 1 aromatic heterocycles. The van der Waals surface area contributed by atoms with Crippen LogP contribution in [0.15, 0.2) is 41.1 Å². The Labute approximate surface area is 126 Å². The lowest BCUT2D eigenvalue weighted by atomic mass is 10.1. The molecular formula is C14H17IN2S. The third-order valence-electron chi connectivity index (χ3n) is 3.02. The Balaban J connectivity index is 2.10. The van der Waals surface area contributed by atoms with Crippen molar-refractivity contribution in [1.29, 1.82) is 0 Å². The molecule has 0 amide bonds. The maximum atomic E-state index is 5.93. The minimum absolute atomic E-state index is 0.280. The highest BCUT2D eigenvalue weighted by atomic mass is 127. The molecule has 0 aliphatic rings. The van der Waals surface area contributed by atoms with E-state index in [-0.39, 0.29) is 6.04 Å². The molecule has 1 aromatic carbocycles. The monoisotopic (exact) mass is 372 g/mol. The van der Waals surface area contributed by atoms with Crippen molar-refractivity contribution >= 4 is 33.9 Å². The van der Waals surface area contributed by atoms with E-state index >= 15 is 0 Å². The average Bonchev–Trinajstić information content (AvgIpc) is 2.85. The molecule has 96 valence electrons. The van der Waals surface area contributed by atoms with Crippen LogP contribution in [0.2, 0.25) is 0 Å². The normalized spacial score (nSPS) is 12.9. The van der Waals surface area contributed by atoms with Gasteiger partial charge in [0.05, 0.1) is 0 Å². The summed E-state index contributed by atoms with van der Waals surface area (Å²) in [5.41, 5.74) is 8.57. The molecule has 2 N–H and O–H groups in total. The molecule has 0 saturated heterocycles. The Hall–Kier alpha value is -0.430. The molecule has 0 radical (unpaired) electrons. The predicted octanol–water partition coefficient (Wildman–Crippen LogP) is 3.48. The van der Waals surface area contributed by atoms with E-state index in [1.54, 1.807) is 11.3 Å². The Morgan fingerprint density at radius 3 is 2.56 bits per heavy atom. The summed E-state index contributed by atoms with van der Waals surface area (Å²) in [7, 11) is 2.13. The van der Waals surface area contributed by atoms with Gasteiger partial charge in [0.1, 0.15) is 0 Å². The fourth-order valence-electron chi connectivity index (χ4n) is 2.04. The molecule has 1 unspecified atom stereocenters. The van der Waals surface area contributed by atoms with Gasteiger partial charge in [-0.05, 0) is 69.7 Å².